The molecule has 0 fully saturated rings. The van der Waals surface area contributed by atoms with Crippen LogP contribution in [0.4, 0.5) is 0 Å². The molecule has 0 saturated carbocycles. The highest BCUT2D eigenvalue weighted by molar-refractivity contribution is 9.10. The number of hydrogen-bond acceptors (Lipinski definition) is 0. The summed E-state index contributed by atoms with van der Waals surface area (Å²) in [5.74, 6) is 0. The fourth-order valence-electron chi connectivity index (χ4n) is 1.74. The molecule has 1 atom stereocenters. The monoisotopic (exact) mass is 362 g/mol. The molecule has 0 aliphatic rings. The molecule has 94 valence electrons. The summed E-state index contributed by atoms with van der Waals surface area (Å²) in [7, 11) is 0. The van der Waals surface area contributed by atoms with Crippen molar-refractivity contribution in [3.8, 4) is 0 Å². The Balaban J connectivity index is 2.51. The van der Waals surface area contributed by atoms with E-state index in [1.807, 2.05) is 25.1 Å². The number of aryl methyl sites for hydroxylation is 1. The molecule has 2 aromatic rings. The van der Waals surface area contributed by atoms with Gasteiger partial charge in [0.2, 0.25) is 0 Å². The van der Waals surface area contributed by atoms with Gasteiger partial charge in [-0.05, 0) is 41.8 Å². The SMILES string of the molecule is Cc1cccc(C(Cl)c2cc(Cl)ccc2Cl)c1Br. The second-order valence-corrected chi connectivity index (χ2v) is 6.08. The Kier molecular flexibility index (Phi) is 4.60. The van der Waals surface area contributed by atoms with Gasteiger partial charge in [-0.15, -0.1) is 11.6 Å². The first-order valence-corrected chi connectivity index (χ1v) is 7.33. The minimum Gasteiger partial charge on any atom is -0.112 e. The molecule has 0 heterocycles. The molecule has 0 nitrogen and oxygen atoms in total. The second kappa shape index (κ2) is 5.83. The lowest BCUT2D eigenvalue weighted by atomic mass is 10.0. The fourth-order valence-corrected chi connectivity index (χ4v) is 3.19. The standard InChI is InChI=1S/C14H10BrCl3/c1-8-3-2-4-10(13(8)15)14(18)11-7-9(16)5-6-12(11)17/h2-7,14H,1H3. The van der Waals surface area contributed by atoms with Gasteiger partial charge in [0, 0.05) is 14.5 Å². The van der Waals surface area contributed by atoms with Crippen LogP contribution in [-0.4, -0.2) is 0 Å². The van der Waals surface area contributed by atoms with Crippen LogP contribution < -0.4 is 0 Å². The van der Waals surface area contributed by atoms with Gasteiger partial charge in [-0.25, -0.2) is 0 Å². The third-order valence-corrected chi connectivity index (χ3v) is 4.86. The highest BCUT2D eigenvalue weighted by atomic mass is 79.9. The van der Waals surface area contributed by atoms with Gasteiger partial charge < -0.3 is 0 Å². The molecule has 18 heavy (non-hydrogen) atoms. The molecule has 0 aliphatic carbocycles. The molecule has 0 spiro atoms. The zero-order valence-electron chi connectivity index (χ0n) is 9.55. The van der Waals surface area contributed by atoms with Gasteiger partial charge in [0.05, 0.1) is 5.38 Å². The van der Waals surface area contributed by atoms with Crippen LogP contribution in [0, 0.1) is 6.92 Å². The lowest BCUT2D eigenvalue weighted by Gasteiger charge is -2.15. The summed E-state index contributed by atoms with van der Waals surface area (Å²) in [6.07, 6.45) is 0. The van der Waals surface area contributed by atoms with Gasteiger partial charge in [-0.3, -0.25) is 0 Å². The third kappa shape index (κ3) is 2.85. The van der Waals surface area contributed by atoms with Crippen molar-refractivity contribution in [2.75, 3.05) is 0 Å². The first kappa shape index (κ1) is 14.2. The Morgan fingerprint density at radius 2 is 1.78 bits per heavy atom. The van der Waals surface area contributed by atoms with Crippen molar-refractivity contribution in [1.29, 1.82) is 0 Å². The van der Waals surface area contributed by atoms with Crippen LogP contribution in [0.25, 0.3) is 0 Å². The Morgan fingerprint density at radius 1 is 1.06 bits per heavy atom. The van der Waals surface area contributed by atoms with E-state index in [9.17, 15) is 0 Å². The molecule has 0 aromatic heterocycles. The summed E-state index contributed by atoms with van der Waals surface area (Å²) >= 11 is 22.2. The van der Waals surface area contributed by atoms with E-state index in [0.29, 0.717) is 10.0 Å². The first-order chi connectivity index (χ1) is 8.50. The quantitative estimate of drug-likeness (QED) is 0.541. The molecule has 2 aromatic carbocycles. The van der Waals surface area contributed by atoms with E-state index in [1.54, 1.807) is 18.2 Å². The largest absolute Gasteiger partial charge is 0.112 e. The molecule has 0 amide bonds. The molecule has 0 radical (unpaired) electrons. The van der Waals surface area contributed by atoms with Gasteiger partial charge in [0.15, 0.2) is 0 Å². The molecule has 0 saturated heterocycles. The van der Waals surface area contributed by atoms with Gasteiger partial charge in [0.25, 0.3) is 0 Å². The van der Waals surface area contributed by atoms with Crippen LogP contribution in [-0.2, 0) is 0 Å². The Hall–Kier alpha value is -0.210. The highest BCUT2D eigenvalue weighted by Gasteiger charge is 2.17. The summed E-state index contributed by atoms with van der Waals surface area (Å²) in [4.78, 5) is 0. The van der Waals surface area contributed by atoms with Crippen LogP contribution in [0.2, 0.25) is 10.0 Å². The van der Waals surface area contributed by atoms with Crippen LogP contribution in [0.3, 0.4) is 0 Å². The number of hydrogen-bond donors (Lipinski definition) is 0. The minimum atomic E-state index is -0.328. The normalized spacial score (nSPS) is 12.5. The third-order valence-electron chi connectivity index (χ3n) is 2.73. The van der Waals surface area contributed by atoms with E-state index >= 15 is 0 Å². The second-order valence-electron chi connectivity index (χ2n) is 4.01. The first-order valence-electron chi connectivity index (χ1n) is 5.34. The maximum atomic E-state index is 6.51. The van der Waals surface area contributed by atoms with Crippen molar-refractivity contribution in [1.82, 2.24) is 0 Å². The van der Waals surface area contributed by atoms with Crippen molar-refractivity contribution < 1.29 is 0 Å². The van der Waals surface area contributed by atoms with Crippen LogP contribution in [0.1, 0.15) is 22.1 Å². The van der Waals surface area contributed by atoms with E-state index in [4.69, 9.17) is 34.8 Å². The lowest BCUT2D eigenvalue weighted by Crippen LogP contribution is -1.97. The number of halogens is 4. The number of rotatable bonds is 2. The van der Waals surface area contributed by atoms with E-state index < -0.39 is 0 Å². The van der Waals surface area contributed by atoms with Crippen LogP contribution >= 0.6 is 50.7 Å². The van der Waals surface area contributed by atoms with Crippen LogP contribution in [0.15, 0.2) is 40.9 Å². The summed E-state index contributed by atoms with van der Waals surface area (Å²) < 4.78 is 1.00. The van der Waals surface area contributed by atoms with Gasteiger partial charge >= 0.3 is 0 Å². The van der Waals surface area contributed by atoms with E-state index in [1.165, 1.54) is 0 Å². The summed E-state index contributed by atoms with van der Waals surface area (Å²) in [6, 6.07) is 11.3. The smallest absolute Gasteiger partial charge is 0.0861 e. The predicted octanol–water partition coefficient (Wildman–Crippen LogP) is 6.39. The Bertz CT molecular complexity index is 579. The zero-order valence-corrected chi connectivity index (χ0v) is 13.4. The van der Waals surface area contributed by atoms with Crippen molar-refractivity contribution >= 4 is 50.7 Å². The molecule has 1 unspecified atom stereocenters. The predicted molar refractivity (Wildman–Crippen MR) is 83.0 cm³/mol. The van der Waals surface area contributed by atoms with Crippen molar-refractivity contribution in [3.63, 3.8) is 0 Å². The van der Waals surface area contributed by atoms with Gasteiger partial charge in [0.1, 0.15) is 0 Å². The van der Waals surface area contributed by atoms with E-state index in [0.717, 1.165) is 21.2 Å². The fraction of sp³-hybridized carbons (Fsp3) is 0.143. The zero-order chi connectivity index (χ0) is 13.3. The molecule has 4 heteroatoms. The summed E-state index contributed by atoms with van der Waals surface area (Å²) in [5, 5.41) is 0.919. The topological polar surface area (TPSA) is 0 Å². The average molecular weight is 364 g/mol. The molecule has 0 aliphatic heterocycles. The van der Waals surface area contributed by atoms with Crippen LogP contribution in [0.5, 0.6) is 0 Å². The number of alkyl halides is 1. The lowest BCUT2D eigenvalue weighted by molar-refractivity contribution is 1.12. The average Bonchev–Trinajstić information content (AvgIpc) is 2.35. The Morgan fingerprint density at radius 3 is 2.50 bits per heavy atom. The highest BCUT2D eigenvalue weighted by Crippen LogP contribution is 2.39. The molecular weight excluding hydrogens is 354 g/mol. The number of benzene rings is 2. The van der Waals surface area contributed by atoms with Crippen molar-refractivity contribution in [3.05, 3.63) is 67.6 Å². The minimum absolute atomic E-state index is 0.328. The van der Waals surface area contributed by atoms with Crippen molar-refractivity contribution in [2.24, 2.45) is 0 Å². The van der Waals surface area contributed by atoms with Gasteiger partial charge in [-0.1, -0.05) is 57.3 Å². The Labute approximate surface area is 130 Å². The summed E-state index contributed by atoms with van der Waals surface area (Å²) in [5.41, 5.74) is 2.94. The van der Waals surface area contributed by atoms with E-state index in [-0.39, 0.29) is 5.38 Å². The molecule has 2 rings (SSSR count). The molecular formula is C14H10BrCl3. The van der Waals surface area contributed by atoms with Crippen molar-refractivity contribution in [2.45, 2.75) is 12.3 Å². The van der Waals surface area contributed by atoms with E-state index in [2.05, 4.69) is 15.9 Å². The maximum absolute atomic E-state index is 6.51. The molecule has 0 N–H and O–H groups in total. The maximum Gasteiger partial charge on any atom is 0.0861 e. The summed E-state index contributed by atoms with van der Waals surface area (Å²) in [6.45, 7) is 2.02. The molecule has 0 bridgehead atoms. The van der Waals surface area contributed by atoms with Gasteiger partial charge in [-0.2, -0.15) is 0 Å².